The molecule has 1 fully saturated rings. The Morgan fingerprint density at radius 1 is 1.32 bits per heavy atom. The van der Waals surface area contributed by atoms with Crippen molar-refractivity contribution >= 4 is 5.97 Å². The molecule has 112 valence electrons. The Balaban J connectivity index is 2.56. The largest absolute Gasteiger partial charge is 0.522 e. The fourth-order valence-corrected chi connectivity index (χ4v) is 2.72. The van der Waals surface area contributed by atoms with Crippen LogP contribution in [0.1, 0.15) is 38.5 Å². The quantitative estimate of drug-likeness (QED) is 0.814. The van der Waals surface area contributed by atoms with Crippen LogP contribution in [0.3, 0.4) is 0 Å². The topological polar surface area (TPSA) is 49.8 Å². The van der Waals surface area contributed by atoms with E-state index in [1.54, 1.807) is 11.9 Å². The van der Waals surface area contributed by atoms with E-state index in [0.29, 0.717) is 12.8 Å². The van der Waals surface area contributed by atoms with Crippen LogP contribution in [0.4, 0.5) is 13.2 Å². The number of hydrogen-bond acceptors (Lipinski definition) is 3. The Kier molecular flexibility index (Phi) is 5.61. The maximum absolute atomic E-state index is 11.9. The minimum absolute atomic E-state index is 0.0322. The van der Waals surface area contributed by atoms with Crippen molar-refractivity contribution < 1.29 is 27.8 Å². The number of nitrogens with zero attached hydrogens (tertiary/aromatic N) is 1. The van der Waals surface area contributed by atoms with Crippen molar-refractivity contribution in [3.8, 4) is 0 Å². The molecule has 0 radical (unpaired) electrons. The number of ether oxygens (including phenoxy) is 1. The summed E-state index contributed by atoms with van der Waals surface area (Å²) >= 11 is 0. The van der Waals surface area contributed by atoms with Crippen LogP contribution in [0.25, 0.3) is 0 Å². The molecule has 0 saturated heterocycles. The van der Waals surface area contributed by atoms with E-state index in [4.69, 9.17) is 5.11 Å². The van der Waals surface area contributed by atoms with Gasteiger partial charge in [-0.05, 0) is 19.9 Å². The summed E-state index contributed by atoms with van der Waals surface area (Å²) in [6.45, 7) is -0.395. The van der Waals surface area contributed by atoms with Crippen molar-refractivity contribution in [1.82, 2.24) is 4.90 Å². The monoisotopic (exact) mass is 283 g/mol. The molecule has 0 amide bonds. The lowest BCUT2D eigenvalue weighted by Gasteiger charge is -2.44. The number of carboxylic acids is 1. The Bertz CT molecular complexity index is 301. The molecule has 0 atom stereocenters. The highest BCUT2D eigenvalue weighted by Crippen LogP contribution is 2.35. The Morgan fingerprint density at radius 2 is 1.89 bits per heavy atom. The zero-order valence-corrected chi connectivity index (χ0v) is 11.0. The van der Waals surface area contributed by atoms with E-state index >= 15 is 0 Å². The molecule has 1 rings (SSSR count). The SMILES string of the molecule is CN(CCOC(F)(F)F)C1(CC(=O)O)CCCCC1. The molecule has 0 aromatic carbocycles. The van der Waals surface area contributed by atoms with Gasteiger partial charge in [-0.25, -0.2) is 0 Å². The van der Waals surface area contributed by atoms with Crippen LogP contribution < -0.4 is 0 Å². The summed E-state index contributed by atoms with van der Waals surface area (Å²) < 4.78 is 39.5. The predicted molar refractivity (Wildman–Crippen MR) is 62.7 cm³/mol. The highest BCUT2D eigenvalue weighted by molar-refractivity contribution is 5.68. The van der Waals surface area contributed by atoms with Gasteiger partial charge in [0, 0.05) is 12.1 Å². The third-order valence-electron chi connectivity index (χ3n) is 3.77. The Morgan fingerprint density at radius 3 is 2.37 bits per heavy atom. The summed E-state index contributed by atoms with van der Waals surface area (Å²) in [5.74, 6) is -0.912. The number of rotatable bonds is 6. The van der Waals surface area contributed by atoms with Gasteiger partial charge >= 0.3 is 12.3 Å². The van der Waals surface area contributed by atoms with Crippen LogP contribution in [-0.2, 0) is 9.53 Å². The molecule has 7 heteroatoms. The molecule has 1 aliphatic rings. The van der Waals surface area contributed by atoms with Crippen molar-refractivity contribution in [2.45, 2.75) is 50.4 Å². The average molecular weight is 283 g/mol. The van der Waals surface area contributed by atoms with Gasteiger partial charge in [0.25, 0.3) is 0 Å². The molecule has 0 spiro atoms. The lowest BCUT2D eigenvalue weighted by atomic mass is 9.78. The van der Waals surface area contributed by atoms with E-state index in [2.05, 4.69) is 4.74 Å². The number of aliphatic carboxylic acids is 1. The van der Waals surface area contributed by atoms with Crippen LogP contribution in [0.15, 0.2) is 0 Å². The van der Waals surface area contributed by atoms with Crippen LogP contribution >= 0.6 is 0 Å². The molecule has 0 aromatic rings. The van der Waals surface area contributed by atoms with Gasteiger partial charge in [-0.2, -0.15) is 0 Å². The van der Waals surface area contributed by atoms with Gasteiger partial charge in [-0.15, -0.1) is 13.2 Å². The van der Waals surface area contributed by atoms with E-state index in [1.165, 1.54) is 0 Å². The zero-order valence-electron chi connectivity index (χ0n) is 11.0. The summed E-state index contributed by atoms with van der Waals surface area (Å²) in [5.41, 5.74) is -0.529. The minimum Gasteiger partial charge on any atom is -0.481 e. The molecule has 1 N–H and O–H groups in total. The van der Waals surface area contributed by atoms with Crippen molar-refractivity contribution in [1.29, 1.82) is 0 Å². The first-order valence-electron chi connectivity index (χ1n) is 6.39. The van der Waals surface area contributed by atoms with E-state index < -0.39 is 24.5 Å². The van der Waals surface area contributed by atoms with Gasteiger partial charge in [-0.1, -0.05) is 19.3 Å². The van der Waals surface area contributed by atoms with Crippen LogP contribution in [-0.4, -0.2) is 48.1 Å². The maximum atomic E-state index is 11.9. The molecule has 1 aliphatic carbocycles. The first-order valence-corrected chi connectivity index (χ1v) is 6.39. The standard InChI is InChI=1S/C12H20F3NO3/c1-16(7-8-19-12(13,14)15)11(9-10(17)18)5-3-2-4-6-11/h2-9H2,1H3,(H,17,18). The van der Waals surface area contributed by atoms with Gasteiger partial charge < -0.3 is 5.11 Å². The molecular formula is C12H20F3NO3. The molecule has 19 heavy (non-hydrogen) atoms. The number of halogens is 3. The fourth-order valence-electron chi connectivity index (χ4n) is 2.72. The average Bonchev–Trinajstić information content (AvgIpc) is 2.27. The molecule has 0 heterocycles. The zero-order chi connectivity index (χ0) is 14.5. The van der Waals surface area contributed by atoms with Crippen molar-refractivity contribution in [2.75, 3.05) is 20.2 Å². The lowest BCUT2D eigenvalue weighted by Crippen LogP contribution is -2.50. The maximum Gasteiger partial charge on any atom is 0.522 e. The van der Waals surface area contributed by atoms with Crippen molar-refractivity contribution in [2.24, 2.45) is 0 Å². The first-order chi connectivity index (χ1) is 8.75. The molecule has 0 aromatic heterocycles. The number of likely N-dealkylation sites (N-methyl/N-ethyl adjacent to an activating group) is 1. The Labute approximate surface area is 110 Å². The highest BCUT2D eigenvalue weighted by atomic mass is 19.4. The number of hydrogen-bond donors (Lipinski definition) is 1. The van der Waals surface area contributed by atoms with E-state index in [9.17, 15) is 18.0 Å². The van der Waals surface area contributed by atoms with Crippen LogP contribution in [0.2, 0.25) is 0 Å². The van der Waals surface area contributed by atoms with Gasteiger partial charge in [0.2, 0.25) is 0 Å². The smallest absolute Gasteiger partial charge is 0.481 e. The van der Waals surface area contributed by atoms with E-state index in [0.717, 1.165) is 19.3 Å². The molecular weight excluding hydrogens is 263 g/mol. The summed E-state index contributed by atoms with van der Waals surface area (Å²) in [4.78, 5) is 12.7. The lowest BCUT2D eigenvalue weighted by molar-refractivity contribution is -0.325. The molecule has 1 saturated carbocycles. The normalized spacial score (nSPS) is 19.6. The number of alkyl halides is 3. The summed E-state index contributed by atoms with van der Waals surface area (Å²) in [6, 6.07) is 0. The fraction of sp³-hybridized carbons (Fsp3) is 0.917. The molecule has 0 unspecified atom stereocenters. The number of carboxylic acid groups (broad SMARTS) is 1. The van der Waals surface area contributed by atoms with E-state index in [-0.39, 0.29) is 13.0 Å². The van der Waals surface area contributed by atoms with Crippen molar-refractivity contribution in [3.05, 3.63) is 0 Å². The second-order valence-corrected chi connectivity index (χ2v) is 5.07. The summed E-state index contributed by atoms with van der Waals surface area (Å²) in [6.07, 6.45) is -0.365. The van der Waals surface area contributed by atoms with E-state index in [1.807, 2.05) is 0 Å². The molecule has 0 aliphatic heterocycles. The summed E-state index contributed by atoms with van der Waals surface area (Å²) in [5, 5.41) is 9.00. The van der Waals surface area contributed by atoms with Crippen LogP contribution in [0.5, 0.6) is 0 Å². The Hall–Kier alpha value is -0.820. The molecule has 0 bridgehead atoms. The second kappa shape index (κ2) is 6.56. The van der Waals surface area contributed by atoms with Gasteiger partial charge in [0.15, 0.2) is 0 Å². The highest BCUT2D eigenvalue weighted by Gasteiger charge is 2.38. The minimum atomic E-state index is -4.63. The summed E-state index contributed by atoms with van der Waals surface area (Å²) in [7, 11) is 1.67. The third kappa shape index (κ3) is 5.36. The number of carbonyl (C=O) groups is 1. The molecule has 4 nitrogen and oxygen atoms in total. The van der Waals surface area contributed by atoms with Crippen LogP contribution in [0, 0.1) is 0 Å². The van der Waals surface area contributed by atoms with Gasteiger partial charge in [-0.3, -0.25) is 14.4 Å². The predicted octanol–water partition coefficient (Wildman–Crippen LogP) is 2.63. The first kappa shape index (κ1) is 16.2. The van der Waals surface area contributed by atoms with Crippen molar-refractivity contribution in [3.63, 3.8) is 0 Å². The van der Waals surface area contributed by atoms with Gasteiger partial charge in [0.05, 0.1) is 13.0 Å². The van der Waals surface area contributed by atoms with Gasteiger partial charge in [0.1, 0.15) is 0 Å². The third-order valence-corrected chi connectivity index (χ3v) is 3.77. The second-order valence-electron chi connectivity index (χ2n) is 5.07.